The van der Waals surface area contributed by atoms with Crippen LogP contribution in [0, 0.1) is 11.8 Å². The molecule has 0 radical (unpaired) electrons. The van der Waals surface area contributed by atoms with Crippen LogP contribution in [0.5, 0.6) is 0 Å². The molecule has 2 aliphatic carbocycles. The molecule has 0 aromatic heterocycles. The molecule has 3 atom stereocenters. The quantitative estimate of drug-likeness (QED) is 0.545. The van der Waals surface area contributed by atoms with Crippen molar-refractivity contribution in [2.24, 2.45) is 17.6 Å². The minimum absolute atomic E-state index is 0.529. The molecule has 10 heavy (non-hydrogen) atoms. The molecule has 0 aliphatic heterocycles. The molecule has 2 fully saturated rings. The molecule has 1 heteroatoms. The van der Waals surface area contributed by atoms with Gasteiger partial charge in [-0.2, -0.15) is 0 Å². The van der Waals surface area contributed by atoms with Crippen LogP contribution >= 0.6 is 0 Å². The summed E-state index contributed by atoms with van der Waals surface area (Å²) >= 11 is 0. The predicted molar refractivity (Wildman–Crippen MR) is 42.7 cm³/mol. The maximum absolute atomic E-state index is 5.88. The normalized spacial score (nSPS) is 47.1. The molecule has 1 nitrogen and oxygen atoms in total. The van der Waals surface area contributed by atoms with Crippen molar-refractivity contribution in [3.8, 4) is 0 Å². The Bertz CT molecular complexity index is 120. The third-order valence-corrected chi connectivity index (χ3v) is 3.13. The summed E-state index contributed by atoms with van der Waals surface area (Å²) in [7, 11) is 0. The molecule has 0 heterocycles. The lowest BCUT2D eigenvalue weighted by atomic mass is 9.98. The average molecular weight is 139 g/mol. The monoisotopic (exact) mass is 139 g/mol. The Balaban J connectivity index is 1.83. The number of nitrogens with two attached hydrogens (primary N) is 1. The van der Waals surface area contributed by atoms with E-state index in [4.69, 9.17) is 5.73 Å². The minimum Gasteiger partial charge on any atom is -0.328 e. The summed E-state index contributed by atoms with van der Waals surface area (Å²) < 4.78 is 0. The van der Waals surface area contributed by atoms with E-state index in [9.17, 15) is 0 Å². The highest BCUT2D eigenvalue weighted by Crippen LogP contribution is 2.46. The van der Waals surface area contributed by atoms with Gasteiger partial charge in [-0.1, -0.05) is 12.8 Å². The molecule has 0 unspecified atom stereocenters. The van der Waals surface area contributed by atoms with Crippen molar-refractivity contribution in [2.75, 3.05) is 0 Å². The van der Waals surface area contributed by atoms with Crippen LogP contribution < -0.4 is 5.73 Å². The van der Waals surface area contributed by atoms with E-state index in [1.54, 1.807) is 0 Å². The van der Waals surface area contributed by atoms with E-state index in [1.165, 1.54) is 38.5 Å². The third-order valence-electron chi connectivity index (χ3n) is 3.13. The van der Waals surface area contributed by atoms with Crippen molar-refractivity contribution in [1.29, 1.82) is 0 Å². The van der Waals surface area contributed by atoms with Crippen LogP contribution in [0.15, 0.2) is 0 Å². The van der Waals surface area contributed by atoms with E-state index in [2.05, 4.69) is 0 Å². The SMILES string of the molecule is N[C@@H]1CCC[C@H]2C[C@H]2CC1. The molecule has 2 N–H and O–H groups in total. The van der Waals surface area contributed by atoms with Crippen LogP contribution in [0.1, 0.15) is 38.5 Å². The molecular weight excluding hydrogens is 122 g/mol. The van der Waals surface area contributed by atoms with Crippen LogP contribution in [0.4, 0.5) is 0 Å². The molecular formula is C9H17N. The van der Waals surface area contributed by atoms with Crippen LogP contribution in [-0.4, -0.2) is 6.04 Å². The highest BCUT2D eigenvalue weighted by molar-refractivity contribution is 4.88. The van der Waals surface area contributed by atoms with E-state index in [-0.39, 0.29) is 0 Å². The largest absolute Gasteiger partial charge is 0.328 e. The van der Waals surface area contributed by atoms with Gasteiger partial charge in [0.25, 0.3) is 0 Å². The number of hydrogen-bond donors (Lipinski definition) is 1. The van der Waals surface area contributed by atoms with Crippen LogP contribution in [0.25, 0.3) is 0 Å². The zero-order valence-electron chi connectivity index (χ0n) is 6.55. The van der Waals surface area contributed by atoms with Crippen molar-refractivity contribution >= 4 is 0 Å². The van der Waals surface area contributed by atoms with Gasteiger partial charge >= 0.3 is 0 Å². The van der Waals surface area contributed by atoms with Gasteiger partial charge in [0.05, 0.1) is 0 Å². The molecule has 0 aromatic carbocycles. The highest BCUT2D eigenvalue weighted by atomic mass is 14.6. The summed E-state index contributed by atoms with van der Waals surface area (Å²) in [5.41, 5.74) is 5.88. The van der Waals surface area contributed by atoms with Crippen LogP contribution in [-0.2, 0) is 0 Å². The van der Waals surface area contributed by atoms with Crippen molar-refractivity contribution in [2.45, 2.75) is 44.6 Å². The van der Waals surface area contributed by atoms with Gasteiger partial charge in [0.15, 0.2) is 0 Å². The van der Waals surface area contributed by atoms with Gasteiger partial charge in [-0.15, -0.1) is 0 Å². The number of rotatable bonds is 0. The van der Waals surface area contributed by atoms with Gasteiger partial charge in [0.2, 0.25) is 0 Å². The predicted octanol–water partition coefficient (Wildman–Crippen LogP) is 1.91. The fourth-order valence-electron chi connectivity index (χ4n) is 2.23. The van der Waals surface area contributed by atoms with Crippen LogP contribution in [0.2, 0.25) is 0 Å². The third kappa shape index (κ3) is 1.34. The van der Waals surface area contributed by atoms with Gasteiger partial charge < -0.3 is 5.73 Å². The minimum atomic E-state index is 0.529. The Hall–Kier alpha value is -0.0400. The zero-order chi connectivity index (χ0) is 6.97. The summed E-state index contributed by atoms with van der Waals surface area (Å²) in [5.74, 6) is 2.21. The van der Waals surface area contributed by atoms with Gasteiger partial charge in [0, 0.05) is 6.04 Å². The maximum atomic E-state index is 5.88. The van der Waals surface area contributed by atoms with E-state index < -0.39 is 0 Å². The first kappa shape index (κ1) is 6.66. The van der Waals surface area contributed by atoms with Crippen molar-refractivity contribution in [1.82, 2.24) is 0 Å². The average Bonchev–Trinajstić information content (AvgIpc) is 2.59. The molecule has 2 saturated carbocycles. The lowest BCUT2D eigenvalue weighted by Gasteiger charge is -2.13. The number of fused-ring (bicyclic) bond motifs is 1. The molecule has 0 bridgehead atoms. The highest BCUT2D eigenvalue weighted by Gasteiger charge is 2.36. The molecule has 58 valence electrons. The van der Waals surface area contributed by atoms with Crippen molar-refractivity contribution in [3.63, 3.8) is 0 Å². The zero-order valence-corrected chi connectivity index (χ0v) is 6.55. The maximum Gasteiger partial charge on any atom is 0.00389 e. The van der Waals surface area contributed by atoms with Gasteiger partial charge in [0.1, 0.15) is 0 Å². The molecule has 2 aliphatic rings. The lowest BCUT2D eigenvalue weighted by molar-refractivity contribution is 0.440. The van der Waals surface area contributed by atoms with E-state index >= 15 is 0 Å². The standard InChI is InChI=1S/C9H17N/c10-9-3-1-2-7-6-8(7)4-5-9/h7-9H,1-6,10H2/t7-,8+,9+/m0/s1. The van der Waals surface area contributed by atoms with Gasteiger partial charge in [-0.05, 0) is 37.5 Å². The van der Waals surface area contributed by atoms with Gasteiger partial charge in [-0.25, -0.2) is 0 Å². The molecule has 0 saturated heterocycles. The first-order chi connectivity index (χ1) is 4.86. The first-order valence-corrected chi connectivity index (χ1v) is 4.62. The summed E-state index contributed by atoms with van der Waals surface area (Å²) in [5, 5.41) is 0. The summed E-state index contributed by atoms with van der Waals surface area (Å²) in [4.78, 5) is 0. The Morgan fingerprint density at radius 1 is 0.900 bits per heavy atom. The topological polar surface area (TPSA) is 26.0 Å². The second kappa shape index (κ2) is 2.54. The Morgan fingerprint density at radius 3 is 2.60 bits per heavy atom. The van der Waals surface area contributed by atoms with Gasteiger partial charge in [-0.3, -0.25) is 0 Å². The van der Waals surface area contributed by atoms with E-state index in [0.717, 1.165) is 11.8 Å². The second-order valence-electron chi connectivity index (χ2n) is 4.02. The molecule has 0 amide bonds. The fourth-order valence-corrected chi connectivity index (χ4v) is 2.23. The molecule has 0 aromatic rings. The fraction of sp³-hybridized carbons (Fsp3) is 1.00. The van der Waals surface area contributed by atoms with Crippen molar-refractivity contribution < 1.29 is 0 Å². The van der Waals surface area contributed by atoms with Crippen molar-refractivity contribution in [3.05, 3.63) is 0 Å². The summed E-state index contributed by atoms with van der Waals surface area (Å²) in [6.45, 7) is 0. The second-order valence-corrected chi connectivity index (χ2v) is 4.02. The van der Waals surface area contributed by atoms with E-state index in [0.29, 0.717) is 6.04 Å². The molecule has 2 rings (SSSR count). The van der Waals surface area contributed by atoms with E-state index in [1.807, 2.05) is 0 Å². The number of hydrogen-bond acceptors (Lipinski definition) is 1. The lowest BCUT2D eigenvalue weighted by Crippen LogP contribution is -2.20. The Morgan fingerprint density at radius 2 is 1.70 bits per heavy atom. The summed E-state index contributed by atoms with van der Waals surface area (Å²) in [6, 6.07) is 0.529. The molecule has 0 spiro atoms. The summed E-state index contributed by atoms with van der Waals surface area (Å²) in [6.07, 6.45) is 8.38. The first-order valence-electron chi connectivity index (χ1n) is 4.62. The Kier molecular flexibility index (Phi) is 1.69. The Labute approximate surface area is 63.0 Å². The van der Waals surface area contributed by atoms with Crippen LogP contribution in [0.3, 0.4) is 0 Å². The smallest absolute Gasteiger partial charge is 0.00389 e.